The molecule has 1 atom stereocenters. The second-order valence-corrected chi connectivity index (χ2v) is 8.52. The zero-order valence-corrected chi connectivity index (χ0v) is 13.0. The molecule has 20 heavy (non-hydrogen) atoms. The van der Waals surface area contributed by atoms with E-state index in [1.807, 2.05) is 0 Å². The minimum atomic E-state index is -3.69. The van der Waals surface area contributed by atoms with Crippen LogP contribution in [-0.2, 0) is 27.1 Å². The molecule has 1 saturated heterocycles. The quantitative estimate of drug-likeness (QED) is 0.776. The normalized spacial score (nSPS) is 22.0. The number of sulfonamides is 2. The first-order valence-corrected chi connectivity index (χ1v) is 9.49. The molecule has 1 N–H and O–H groups in total. The summed E-state index contributed by atoms with van der Waals surface area (Å²) in [6, 6.07) is 0.984. The van der Waals surface area contributed by atoms with E-state index in [1.165, 1.54) is 28.3 Å². The van der Waals surface area contributed by atoms with Crippen LogP contribution >= 0.6 is 0 Å². The van der Waals surface area contributed by atoms with Gasteiger partial charge in [0, 0.05) is 26.2 Å². The molecule has 1 aliphatic rings. The molecule has 2 rings (SSSR count). The van der Waals surface area contributed by atoms with Crippen LogP contribution in [0.3, 0.4) is 0 Å². The molecule has 0 spiro atoms. The molecule has 0 aliphatic carbocycles. The number of hydrogen-bond donors (Lipinski definition) is 1. The molecule has 0 aromatic carbocycles. The van der Waals surface area contributed by atoms with Gasteiger partial charge in [-0.25, -0.2) is 25.9 Å². The van der Waals surface area contributed by atoms with E-state index in [0.29, 0.717) is 19.4 Å². The third-order valence-corrected chi connectivity index (χ3v) is 6.09. The average Bonchev–Trinajstić information content (AvgIpc) is 2.75. The Morgan fingerprint density at radius 2 is 2.05 bits per heavy atom. The summed E-state index contributed by atoms with van der Waals surface area (Å²) in [7, 11) is -5.44. The summed E-state index contributed by atoms with van der Waals surface area (Å²) >= 11 is 0. The first-order valence-electron chi connectivity index (χ1n) is 6.15. The topological polar surface area (TPSA) is 101 Å². The fourth-order valence-electron chi connectivity index (χ4n) is 2.24. The van der Waals surface area contributed by atoms with Crippen LogP contribution < -0.4 is 4.72 Å². The van der Waals surface area contributed by atoms with Crippen molar-refractivity contribution < 1.29 is 16.8 Å². The minimum Gasteiger partial charge on any atom is -0.256 e. The van der Waals surface area contributed by atoms with Crippen LogP contribution in [0.4, 0.5) is 0 Å². The zero-order valence-electron chi connectivity index (χ0n) is 11.4. The van der Waals surface area contributed by atoms with E-state index in [-0.39, 0.29) is 11.6 Å². The van der Waals surface area contributed by atoms with Gasteiger partial charge in [0.25, 0.3) is 10.0 Å². The van der Waals surface area contributed by atoms with Crippen LogP contribution in [0.5, 0.6) is 0 Å². The van der Waals surface area contributed by atoms with Gasteiger partial charge in [0.05, 0.1) is 12.5 Å². The molecule has 2 heterocycles. The number of aromatic nitrogens is 2. The molecule has 0 amide bonds. The van der Waals surface area contributed by atoms with Crippen LogP contribution in [0, 0.1) is 0 Å². The lowest BCUT2D eigenvalue weighted by Gasteiger charge is -2.31. The van der Waals surface area contributed by atoms with E-state index >= 15 is 0 Å². The summed E-state index contributed by atoms with van der Waals surface area (Å²) < 4.78 is 52.5. The SMILES string of the molecule is Cn1nccc1S(=O)(=O)NC1CCCN(S(C)(=O)=O)C1. The minimum absolute atomic E-state index is 0.0639. The van der Waals surface area contributed by atoms with Gasteiger partial charge in [-0.1, -0.05) is 0 Å². The second kappa shape index (κ2) is 5.43. The summed E-state index contributed by atoms with van der Waals surface area (Å²) in [6.45, 7) is 0.596. The third-order valence-electron chi connectivity index (χ3n) is 3.23. The highest BCUT2D eigenvalue weighted by atomic mass is 32.2. The number of rotatable bonds is 4. The summed E-state index contributed by atoms with van der Waals surface area (Å²) in [5.74, 6) is 0. The molecule has 1 unspecified atom stereocenters. The zero-order chi connectivity index (χ0) is 15.0. The molecule has 114 valence electrons. The van der Waals surface area contributed by atoms with Crippen molar-refractivity contribution in [2.24, 2.45) is 7.05 Å². The second-order valence-electron chi connectivity index (χ2n) is 4.87. The van der Waals surface area contributed by atoms with Crippen LogP contribution in [-0.4, -0.2) is 56.3 Å². The van der Waals surface area contributed by atoms with E-state index in [9.17, 15) is 16.8 Å². The van der Waals surface area contributed by atoms with Crippen LogP contribution in [0.1, 0.15) is 12.8 Å². The highest BCUT2D eigenvalue weighted by molar-refractivity contribution is 7.89. The Bertz CT molecular complexity index is 680. The highest BCUT2D eigenvalue weighted by Crippen LogP contribution is 2.16. The Balaban J connectivity index is 2.12. The van der Waals surface area contributed by atoms with E-state index in [1.54, 1.807) is 0 Å². The van der Waals surface area contributed by atoms with E-state index < -0.39 is 26.1 Å². The van der Waals surface area contributed by atoms with Gasteiger partial charge >= 0.3 is 0 Å². The molecule has 0 bridgehead atoms. The highest BCUT2D eigenvalue weighted by Gasteiger charge is 2.30. The van der Waals surface area contributed by atoms with E-state index in [2.05, 4.69) is 9.82 Å². The molecule has 1 aromatic rings. The van der Waals surface area contributed by atoms with Gasteiger partial charge in [0.2, 0.25) is 10.0 Å². The predicted octanol–water partition coefficient (Wildman–Crippen LogP) is -0.878. The Morgan fingerprint density at radius 1 is 1.35 bits per heavy atom. The molecular weight excluding hydrogens is 304 g/mol. The van der Waals surface area contributed by atoms with Gasteiger partial charge in [-0.2, -0.15) is 5.10 Å². The molecule has 1 aromatic heterocycles. The van der Waals surface area contributed by atoms with Crippen LogP contribution in [0.2, 0.25) is 0 Å². The molecule has 10 heteroatoms. The molecule has 0 saturated carbocycles. The largest absolute Gasteiger partial charge is 0.257 e. The Morgan fingerprint density at radius 3 is 2.60 bits per heavy atom. The van der Waals surface area contributed by atoms with Crippen LogP contribution in [0.15, 0.2) is 17.3 Å². The summed E-state index contributed by atoms with van der Waals surface area (Å²) in [5.41, 5.74) is 0. The number of piperidine rings is 1. The Kier molecular flexibility index (Phi) is 4.19. The van der Waals surface area contributed by atoms with Gasteiger partial charge in [0.15, 0.2) is 5.03 Å². The van der Waals surface area contributed by atoms with Crippen molar-refractivity contribution in [3.63, 3.8) is 0 Å². The van der Waals surface area contributed by atoms with Gasteiger partial charge in [0.1, 0.15) is 0 Å². The summed E-state index contributed by atoms with van der Waals surface area (Å²) in [5, 5.41) is 3.89. The average molecular weight is 322 g/mol. The van der Waals surface area contributed by atoms with Crippen molar-refractivity contribution in [2.75, 3.05) is 19.3 Å². The third kappa shape index (κ3) is 3.37. The lowest BCUT2D eigenvalue weighted by molar-refractivity contribution is 0.304. The van der Waals surface area contributed by atoms with E-state index in [4.69, 9.17) is 0 Å². The fourth-order valence-corrected chi connectivity index (χ4v) is 4.54. The smallest absolute Gasteiger partial charge is 0.256 e. The lowest BCUT2D eigenvalue weighted by atomic mass is 10.1. The van der Waals surface area contributed by atoms with Crippen molar-refractivity contribution in [2.45, 2.75) is 23.9 Å². The van der Waals surface area contributed by atoms with E-state index in [0.717, 1.165) is 6.26 Å². The number of nitrogens with one attached hydrogen (secondary N) is 1. The van der Waals surface area contributed by atoms with Crippen molar-refractivity contribution >= 4 is 20.0 Å². The number of hydrogen-bond acceptors (Lipinski definition) is 5. The van der Waals surface area contributed by atoms with Crippen molar-refractivity contribution in [3.8, 4) is 0 Å². The van der Waals surface area contributed by atoms with Gasteiger partial charge in [-0.3, -0.25) is 4.68 Å². The first kappa shape index (κ1) is 15.4. The van der Waals surface area contributed by atoms with Crippen LogP contribution in [0.25, 0.3) is 0 Å². The Labute approximate surface area is 118 Å². The maximum absolute atomic E-state index is 12.2. The summed E-state index contributed by atoms with van der Waals surface area (Å²) in [6.07, 6.45) is 3.78. The van der Waals surface area contributed by atoms with Gasteiger partial charge < -0.3 is 0 Å². The maximum Gasteiger partial charge on any atom is 0.257 e. The summed E-state index contributed by atoms with van der Waals surface area (Å²) in [4.78, 5) is 0. The number of aryl methyl sites for hydroxylation is 1. The standard InChI is InChI=1S/C10H18N4O4S2/c1-13-10(5-6-11-13)20(17,18)12-9-4-3-7-14(8-9)19(2,15)16/h5-6,9,12H,3-4,7-8H2,1-2H3. The molecular formula is C10H18N4O4S2. The van der Waals surface area contributed by atoms with Crippen molar-refractivity contribution in [3.05, 3.63) is 12.3 Å². The maximum atomic E-state index is 12.2. The lowest BCUT2D eigenvalue weighted by Crippen LogP contribution is -2.49. The van der Waals surface area contributed by atoms with Gasteiger partial charge in [-0.05, 0) is 18.9 Å². The van der Waals surface area contributed by atoms with Crippen molar-refractivity contribution in [1.29, 1.82) is 0 Å². The van der Waals surface area contributed by atoms with Gasteiger partial charge in [-0.15, -0.1) is 0 Å². The molecule has 0 radical (unpaired) electrons. The molecule has 8 nitrogen and oxygen atoms in total. The number of nitrogens with zero attached hydrogens (tertiary/aromatic N) is 3. The fraction of sp³-hybridized carbons (Fsp3) is 0.700. The van der Waals surface area contributed by atoms with Crippen molar-refractivity contribution in [1.82, 2.24) is 18.8 Å². The molecule has 1 aliphatic heterocycles. The first-order chi connectivity index (χ1) is 9.20. The molecule has 1 fully saturated rings. The predicted molar refractivity (Wildman–Crippen MR) is 73.0 cm³/mol. The monoisotopic (exact) mass is 322 g/mol. The Hall–Kier alpha value is -0.970.